The average Bonchev–Trinajstić information content (AvgIpc) is 2.74. The predicted molar refractivity (Wildman–Crippen MR) is 73.6 cm³/mol. The predicted octanol–water partition coefficient (Wildman–Crippen LogP) is 1.54. The highest BCUT2D eigenvalue weighted by Gasteiger charge is 2.19. The second-order valence-electron chi connectivity index (χ2n) is 4.19. The normalized spacial score (nSPS) is 12.4. The molecule has 0 radical (unpaired) electrons. The molecule has 1 unspecified atom stereocenters. The number of hydrogen-bond donors (Lipinski definition) is 1. The van der Waals surface area contributed by atoms with E-state index in [9.17, 15) is 4.79 Å². The van der Waals surface area contributed by atoms with E-state index in [0.717, 1.165) is 12.1 Å². The Balaban J connectivity index is 2.63. The zero-order valence-electron chi connectivity index (χ0n) is 11.2. The van der Waals surface area contributed by atoms with Gasteiger partial charge < -0.3 is 15.4 Å². The number of anilines is 1. The maximum absolute atomic E-state index is 12.2. The van der Waals surface area contributed by atoms with Crippen LogP contribution in [-0.2, 0) is 16.0 Å². The Hall–Kier alpha value is -1.14. The van der Waals surface area contributed by atoms with Crippen molar-refractivity contribution < 1.29 is 9.53 Å². The minimum absolute atomic E-state index is 0.0756. The summed E-state index contributed by atoms with van der Waals surface area (Å²) in [5.74, 6) is 0.0756. The van der Waals surface area contributed by atoms with Gasteiger partial charge in [0.1, 0.15) is 0 Å². The first-order valence-electron chi connectivity index (χ1n) is 6.06. The lowest BCUT2D eigenvalue weighted by Gasteiger charge is -2.28. The van der Waals surface area contributed by atoms with Crippen molar-refractivity contribution in [2.24, 2.45) is 0 Å². The number of carbonyl (C=O) groups is 1. The molecule has 1 heterocycles. The van der Waals surface area contributed by atoms with E-state index >= 15 is 0 Å². The molecule has 5 nitrogen and oxygen atoms in total. The summed E-state index contributed by atoms with van der Waals surface area (Å²) in [5.41, 5.74) is 6.30. The molecule has 0 spiro atoms. The number of ether oxygens (including phenoxy) is 1. The summed E-state index contributed by atoms with van der Waals surface area (Å²) in [6.45, 7) is 5.28. The lowest BCUT2D eigenvalue weighted by Crippen LogP contribution is -2.41. The molecule has 0 saturated carbocycles. The van der Waals surface area contributed by atoms with Gasteiger partial charge in [0.2, 0.25) is 5.91 Å². The Morgan fingerprint density at radius 2 is 2.39 bits per heavy atom. The third kappa shape index (κ3) is 4.27. The van der Waals surface area contributed by atoms with Crippen LogP contribution in [0.25, 0.3) is 0 Å². The summed E-state index contributed by atoms with van der Waals surface area (Å²) in [6, 6.07) is 0.212. The summed E-state index contributed by atoms with van der Waals surface area (Å²) >= 11 is 1.36. The quantitative estimate of drug-likeness (QED) is 0.817. The van der Waals surface area contributed by atoms with Gasteiger partial charge in [-0.25, -0.2) is 4.98 Å². The number of nitrogen functional groups attached to an aromatic ring is 1. The topological polar surface area (TPSA) is 68.5 Å². The Bertz CT molecular complexity index is 381. The first kappa shape index (κ1) is 14.9. The van der Waals surface area contributed by atoms with Crippen molar-refractivity contribution in [2.45, 2.75) is 32.7 Å². The molecule has 1 aromatic rings. The number of nitrogens with two attached hydrogens (primary N) is 1. The average molecular weight is 271 g/mol. The van der Waals surface area contributed by atoms with Crippen molar-refractivity contribution in [3.63, 3.8) is 0 Å². The molecule has 0 aliphatic carbocycles. The van der Waals surface area contributed by atoms with Crippen LogP contribution in [0.2, 0.25) is 0 Å². The highest BCUT2D eigenvalue weighted by atomic mass is 32.1. The number of hydrogen-bond acceptors (Lipinski definition) is 5. The molecule has 0 saturated heterocycles. The van der Waals surface area contributed by atoms with Crippen molar-refractivity contribution in [3.8, 4) is 0 Å². The monoisotopic (exact) mass is 271 g/mol. The fraction of sp³-hybridized carbons (Fsp3) is 0.667. The van der Waals surface area contributed by atoms with E-state index in [1.807, 2.05) is 17.2 Å². The highest BCUT2D eigenvalue weighted by Crippen LogP contribution is 2.13. The highest BCUT2D eigenvalue weighted by molar-refractivity contribution is 7.13. The summed E-state index contributed by atoms with van der Waals surface area (Å²) < 4.78 is 5.04. The molecule has 1 aromatic heterocycles. The van der Waals surface area contributed by atoms with Gasteiger partial charge in [0, 0.05) is 25.1 Å². The van der Waals surface area contributed by atoms with Crippen LogP contribution in [0.5, 0.6) is 0 Å². The Morgan fingerprint density at radius 1 is 1.67 bits per heavy atom. The Labute approximate surface area is 112 Å². The van der Waals surface area contributed by atoms with Gasteiger partial charge in [0.25, 0.3) is 0 Å². The Morgan fingerprint density at radius 3 is 2.89 bits per heavy atom. The molecular weight excluding hydrogens is 250 g/mol. The van der Waals surface area contributed by atoms with Gasteiger partial charge in [0.15, 0.2) is 5.13 Å². The van der Waals surface area contributed by atoms with E-state index in [1.165, 1.54) is 11.3 Å². The SMILES string of the molecule is CCC(C)N(CCOC)C(=O)Cc1csc(N)n1. The molecule has 0 fully saturated rings. The largest absolute Gasteiger partial charge is 0.383 e. The van der Waals surface area contributed by atoms with Crippen LogP contribution >= 0.6 is 11.3 Å². The van der Waals surface area contributed by atoms with Crippen LogP contribution < -0.4 is 5.73 Å². The van der Waals surface area contributed by atoms with Crippen LogP contribution in [0.15, 0.2) is 5.38 Å². The molecule has 0 aliphatic rings. The molecule has 1 rings (SSSR count). The molecule has 1 atom stereocenters. The van der Waals surface area contributed by atoms with Gasteiger partial charge in [-0.15, -0.1) is 11.3 Å². The third-order valence-electron chi connectivity index (χ3n) is 2.88. The summed E-state index contributed by atoms with van der Waals surface area (Å²) in [5, 5.41) is 2.34. The maximum atomic E-state index is 12.2. The van der Waals surface area contributed by atoms with Gasteiger partial charge in [0.05, 0.1) is 18.7 Å². The van der Waals surface area contributed by atoms with Gasteiger partial charge in [-0.05, 0) is 13.3 Å². The van der Waals surface area contributed by atoms with Gasteiger partial charge >= 0.3 is 0 Å². The maximum Gasteiger partial charge on any atom is 0.228 e. The molecule has 0 bridgehead atoms. The van der Waals surface area contributed by atoms with E-state index < -0.39 is 0 Å². The number of rotatable bonds is 7. The van der Waals surface area contributed by atoms with Crippen molar-refractivity contribution in [2.75, 3.05) is 26.0 Å². The molecule has 0 aliphatic heterocycles. The first-order valence-corrected chi connectivity index (χ1v) is 6.94. The number of nitrogens with zero attached hydrogens (tertiary/aromatic N) is 2. The Kier molecular flexibility index (Phi) is 6.07. The van der Waals surface area contributed by atoms with E-state index in [2.05, 4.69) is 11.9 Å². The fourth-order valence-electron chi connectivity index (χ4n) is 1.66. The van der Waals surface area contributed by atoms with E-state index in [1.54, 1.807) is 7.11 Å². The van der Waals surface area contributed by atoms with Gasteiger partial charge in [-0.3, -0.25) is 4.79 Å². The third-order valence-corrected chi connectivity index (χ3v) is 3.60. The van der Waals surface area contributed by atoms with Crippen molar-refractivity contribution in [1.29, 1.82) is 0 Å². The minimum Gasteiger partial charge on any atom is -0.383 e. The van der Waals surface area contributed by atoms with Crippen LogP contribution in [0.1, 0.15) is 26.0 Å². The van der Waals surface area contributed by atoms with Crippen LogP contribution in [0.3, 0.4) is 0 Å². The van der Waals surface area contributed by atoms with E-state index in [-0.39, 0.29) is 11.9 Å². The summed E-state index contributed by atoms with van der Waals surface area (Å²) in [4.78, 5) is 18.2. The molecular formula is C12H21N3O2S. The van der Waals surface area contributed by atoms with Gasteiger partial charge in [-0.2, -0.15) is 0 Å². The smallest absolute Gasteiger partial charge is 0.228 e. The number of methoxy groups -OCH3 is 1. The van der Waals surface area contributed by atoms with Crippen molar-refractivity contribution in [3.05, 3.63) is 11.1 Å². The van der Waals surface area contributed by atoms with Crippen molar-refractivity contribution in [1.82, 2.24) is 9.88 Å². The number of amides is 1. The first-order chi connectivity index (χ1) is 8.58. The molecule has 1 amide bonds. The molecule has 102 valence electrons. The number of carbonyl (C=O) groups excluding carboxylic acids is 1. The number of thiazole rings is 1. The zero-order chi connectivity index (χ0) is 13.5. The van der Waals surface area contributed by atoms with E-state index in [4.69, 9.17) is 10.5 Å². The fourth-order valence-corrected chi connectivity index (χ4v) is 2.22. The van der Waals surface area contributed by atoms with Gasteiger partial charge in [-0.1, -0.05) is 6.92 Å². The minimum atomic E-state index is 0.0756. The van der Waals surface area contributed by atoms with Crippen LogP contribution in [0.4, 0.5) is 5.13 Å². The molecule has 0 aromatic carbocycles. The molecule has 6 heteroatoms. The molecule has 18 heavy (non-hydrogen) atoms. The van der Waals surface area contributed by atoms with E-state index in [0.29, 0.717) is 24.7 Å². The molecule has 2 N–H and O–H groups in total. The second kappa shape index (κ2) is 7.33. The van der Waals surface area contributed by atoms with Crippen LogP contribution in [-0.4, -0.2) is 42.1 Å². The second-order valence-corrected chi connectivity index (χ2v) is 5.08. The van der Waals surface area contributed by atoms with Crippen molar-refractivity contribution >= 4 is 22.4 Å². The summed E-state index contributed by atoms with van der Waals surface area (Å²) in [7, 11) is 1.64. The standard InChI is InChI=1S/C12H21N3O2S/c1-4-9(2)15(5-6-17-3)11(16)7-10-8-18-12(13)14-10/h8-9H,4-7H2,1-3H3,(H2,13,14). The van der Waals surface area contributed by atoms with Crippen LogP contribution in [0, 0.1) is 0 Å². The lowest BCUT2D eigenvalue weighted by atomic mass is 10.2. The lowest BCUT2D eigenvalue weighted by molar-refractivity contribution is -0.133. The zero-order valence-corrected chi connectivity index (χ0v) is 12.0. The number of aromatic nitrogens is 1. The summed E-state index contributed by atoms with van der Waals surface area (Å²) in [6.07, 6.45) is 1.23.